The van der Waals surface area contributed by atoms with Gasteiger partial charge in [-0.05, 0) is 35.0 Å². The molecule has 2 N–H and O–H groups in total. The number of hydrogen-bond donors (Lipinski definition) is 1. The second-order valence-electron chi connectivity index (χ2n) is 4.02. The highest BCUT2D eigenvalue weighted by Crippen LogP contribution is 2.27. The molecule has 3 rings (SSSR count). The fraction of sp³-hybridized carbons (Fsp3) is 0. The van der Waals surface area contributed by atoms with Crippen LogP contribution < -0.4 is 10.5 Å². The molecule has 0 amide bonds. The van der Waals surface area contributed by atoms with E-state index in [1.165, 1.54) is 0 Å². The molecule has 0 bridgehead atoms. The van der Waals surface area contributed by atoms with Crippen LogP contribution in [0.25, 0.3) is 20.9 Å². The third-order valence-corrected chi connectivity index (χ3v) is 3.83. The smallest absolute Gasteiger partial charge is 0.240 e. The van der Waals surface area contributed by atoms with Crippen LogP contribution in [0, 0.1) is 11.3 Å². The fourth-order valence-electron chi connectivity index (χ4n) is 2.02. The van der Waals surface area contributed by atoms with E-state index in [2.05, 4.69) is 6.07 Å². The number of fused-ring (bicyclic) bond motifs is 3. The van der Waals surface area contributed by atoms with Crippen LogP contribution in [0.5, 0.6) is 0 Å². The van der Waals surface area contributed by atoms with Gasteiger partial charge in [0.2, 0.25) is 4.74 Å². The summed E-state index contributed by atoms with van der Waals surface area (Å²) in [5, 5.41) is 11.4. The second kappa shape index (κ2) is 3.83. The number of rotatable bonds is 0. The zero-order valence-corrected chi connectivity index (χ0v) is 10.1. The molecule has 86 valence electrons. The Morgan fingerprint density at radius 3 is 2.61 bits per heavy atom. The van der Waals surface area contributed by atoms with Crippen molar-refractivity contribution in [1.29, 1.82) is 5.26 Å². The predicted octanol–water partition coefficient (Wildman–Crippen LogP) is 2.87. The molecular weight excluding hydrogens is 244 g/mol. The molecule has 3 aromatic rings. The van der Waals surface area contributed by atoms with E-state index < -0.39 is 0 Å². The summed E-state index contributed by atoms with van der Waals surface area (Å²) in [5.74, 6) is 0. The molecule has 0 unspecified atom stereocenters. The van der Waals surface area contributed by atoms with Gasteiger partial charge in [-0.25, -0.2) is 0 Å². The van der Waals surface area contributed by atoms with Crippen molar-refractivity contribution in [1.82, 2.24) is 0 Å². The second-order valence-corrected chi connectivity index (χ2v) is 5.03. The van der Waals surface area contributed by atoms with Gasteiger partial charge in [0.05, 0.1) is 11.6 Å². The molecule has 0 atom stereocenters. The summed E-state index contributed by atoms with van der Waals surface area (Å²) in [6.45, 7) is 0. The topological polar surface area (TPSA) is 66.9 Å². The first kappa shape index (κ1) is 10.8. The lowest BCUT2D eigenvalue weighted by Crippen LogP contribution is -1.97. The average Bonchev–Trinajstić information content (AvgIpc) is 2.38. The molecule has 0 spiro atoms. The molecule has 0 saturated carbocycles. The van der Waals surface area contributed by atoms with E-state index in [4.69, 9.17) is 11.0 Å². The minimum absolute atomic E-state index is 0.0279. The Morgan fingerprint density at radius 2 is 1.83 bits per heavy atom. The van der Waals surface area contributed by atoms with Crippen LogP contribution >= 0.6 is 11.3 Å². The van der Waals surface area contributed by atoms with Gasteiger partial charge in [-0.1, -0.05) is 23.5 Å². The fourth-order valence-corrected chi connectivity index (χ4v) is 2.97. The molecule has 0 aliphatic rings. The Kier molecular flexibility index (Phi) is 2.29. The molecule has 0 radical (unpaired) electrons. The highest BCUT2D eigenvalue weighted by atomic mass is 32.1. The van der Waals surface area contributed by atoms with Gasteiger partial charge in [0.25, 0.3) is 0 Å². The van der Waals surface area contributed by atoms with Gasteiger partial charge in [-0.15, -0.1) is 0 Å². The van der Waals surface area contributed by atoms with E-state index in [0.717, 1.165) is 26.8 Å². The Labute approximate surface area is 107 Å². The maximum atomic E-state index is 12.0. The number of nitrogens with two attached hydrogens (primary N) is 1. The number of nitrogens with zero attached hydrogens (tertiary/aromatic N) is 1. The third kappa shape index (κ3) is 1.53. The molecule has 0 aliphatic carbocycles. The molecule has 2 aromatic carbocycles. The van der Waals surface area contributed by atoms with E-state index in [1.54, 1.807) is 24.3 Å². The van der Waals surface area contributed by atoms with Crippen LogP contribution in [-0.2, 0) is 0 Å². The molecule has 1 heterocycles. The molecule has 0 fully saturated rings. The van der Waals surface area contributed by atoms with Gasteiger partial charge in [-0.2, -0.15) is 5.26 Å². The van der Waals surface area contributed by atoms with Crippen molar-refractivity contribution in [3.05, 3.63) is 51.5 Å². The Morgan fingerprint density at radius 1 is 1.06 bits per heavy atom. The predicted molar refractivity (Wildman–Crippen MR) is 74.7 cm³/mol. The van der Waals surface area contributed by atoms with Crippen molar-refractivity contribution < 1.29 is 0 Å². The first-order valence-electron chi connectivity index (χ1n) is 5.35. The molecule has 0 aliphatic heterocycles. The summed E-state index contributed by atoms with van der Waals surface area (Å²) in [5.41, 5.74) is 6.85. The van der Waals surface area contributed by atoms with Gasteiger partial charge in [0.15, 0.2) is 0 Å². The van der Waals surface area contributed by atoms with E-state index >= 15 is 0 Å². The van der Waals surface area contributed by atoms with Crippen molar-refractivity contribution in [2.45, 2.75) is 0 Å². The highest BCUT2D eigenvalue weighted by molar-refractivity contribution is 7.17. The van der Waals surface area contributed by atoms with E-state index in [1.807, 2.05) is 12.1 Å². The minimum atomic E-state index is -0.0279. The molecule has 4 heteroatoms. The maximum Gasteiger partial charge on any atom is 0.240 e. The Hall–Kier alpha value is -2.38. The first-order chi connectivity index (χ1) is 8.69. The van der Waals surface area contributed by atoms with Crippen LogP contribution in [0.1, 0.15) is 5.56 Å². The van der Waals surface area contributed by atoms with Crippen LogP contribution in [0.2, 0.25) is 0 Å². The number of benzene rings is 2. The van der Waals surface area contributed by atoms with Crippen molar-refractivity contribution >= 4 is 37.9 Å². The zero-order chi connectivity index (χ0) is 12.7. The quantitative estimate of drug-likeness (QED) is 0.494. The number of hydrogen-bond acceptors (Lipinski definition) is 4. The van der Waals surface area contributed by atoms with E-state index in [0.29, 0.717) is 16.6 Å². The van der Waals surface area contributed by atoms with Crippen LogP contribution in [0.15, 0.2) is 41.2 Å². The Balaban J connectivity index is 2.55. The van der Waals surface area contributed by atoms with Gasteiger partial charge in [0.1, 0.15) is 0 Å². The van der Waals surface area contributed by atoms with Crippen LogP contribution in [-0.4, -0.2) is 0 Å². The monoisotopic (exact) mass is 252 g/mol. The normalized spacial score (nSPS) is 10.6. The third-order valence-electron chi connectivity index (χ3n) is 2.87. The molecule has 18 heavy (non-hydrogen) atoms. The largest absolute Gasteiger partial charge is 0.399 e. The van der Waals surface area contributed by atoms with Crippen molar-refractivity contribution in [2.75, 3.05) is 5.73 Å². The van der Waals surface area contributed by atoms with Gasteiger partial charge in [0, 0.05) is 15.8 Å². The number of anilines is 1. The SMILES string of the molecule is N#Cc1ccc2c(c1)sc(=O)c1cc(N)ccc12. The summed E-state index contributed by atoms with van der Waals surface area (Å²) < 4.78 is 0.802. The summed E-state index contributed by atoms with van der Waals surface area (Å²) in [4.78, 5) is 12.0. The molecular formula is C14H8N2OS. The Bertz CT molecular complexity index is 874. The summed E-state index contributed by atoms with van der Waals surface area (Å²) >= 11 is 1.15. The average molecular weight is 252 g/mol. The van der Waals surface area contributed by atoms with Gasteiger partial charge >= 0.3 is 0 Å². The molecule has 3 nitrogen and oxygen atoms in total. The van der Waals surface area contributed by atoms with Crippen molar-refractivity contribution in [3.8, 4) is 6.07 Å². The lowest BCUT2D eigenvalue weighted by molar-refractivity contribution is 1.50. The van der Waals surface area contributed by atoms with E-state index in [-0.39, 0.29) is 4.74 Å². The molecule has 0 saturated heterocycles. The van der Waals surface area contributed by atoms with Crippen LogP contribution in [0.3, 0.4) is 0 Å². The standard InChI is InChI=1S/C14H8N2OS/c15-7-8-1-3-11-10-4-2-9(16)6-12(10)14(17)18-13(11)5-8/h1-6H,16H2. The highest BCUT2D eigenvalue weighted by Gasteiger charge is 2.06. The molecule has 1 aromatic heterocycles. The summed E-state index contributed by atoms with van der Waals surface area (Å²) in [6.07, 6.45) is 0. The zero-order valence-electron chi connectivity index (χ0n) is 9.31. The lowest BCUT2D eigenvalue weighted by Gasteiger charge is -2.03. The van der Waals surface area contributed by atoms with Crippen molar-refractivity contribution in [2.24, 2.45) is 0 Å². The summed E-state index contributed by atoms with van der Waals surface area (Å²) in [7, 11) is 0. The van der Waals surface area contributed by atoms with Gasteiger partial charge < -0.3 is 5.73 Å². The van der Waals surface area contributed by atoms with E-state index in [9.17, 15) is 4.79 Å². The summed E-state index contributed by atoms with van der Waals surface area (Å²) in [6, 6.07) is 12.8. The number of nitrogen functional groups attached to an aromatic ring is 1. The lowest BCUT2D eigenvalue weighted by atomic mass is 10.1. The van der Waals surface area contributed by atoms with Crippen molar-refractivity contribution in [3.63, 3.8) is 0 Å². The van der Waals surface area contributed by atoms with Gasteiger partial charge in [-0.3, -0.25) is 4.79 Å². The first-order valence-corrected chi connectivity index (χ1v) is 6.17. The number of nitriles is 1. The minimum Gasteiger partial charge on any atom is -0.399 e. The maximum absolute atomic E-state index is 12.0. The van der Waals surface area contributed by atoms with Crippen LogP contribution in [0.4, 0.5) is 5.69 Å².